The SMILES string of the molecule is C=CN1c2ccccc2SC1C=O. The standard InChI is InChI=1S/C10H9NOS/c1-2-11-8-5-3-4-6-9(8)13-10(11)7-12/h2-7,10H,1H2. The number of thioether (sulfide) groups is 1. The Morgan fingerprint density at radius 1 is 1.46 bits per heavy atom. The van der Waals surface area contributed by atoms with Crippen LogP contribution in [0.25, 0.3) is 0 Å². The van der Waals surface area contributed by atoms with Crippen molar-refractivity contribution in [2.45, 2.75) is 10.3 Å². The molecule has 2 rings (SSSR count). The van der Waals surface area contributed by atoms with Crippen LogP contribution in [0.3, 0.4) is 0 Å². The van der Waals surface area contributed by atoms with Gasteiger partial charge in [-0.3, -0.25) is 0 Å². The molecule has 2 nitrogen and oxygen atoms in total. The Kier molecular flexibility index (Phi) is 2.10. The lowest BCUT2D eigenvalue weighted by molar-refractivity contribution is -0.107. The molecular formula is C10H9NOS. The molecule has 1 aliphatic rings. The zero-order valence-electron chi connectivity index (χ0n) is 7.01. The van der Waals surface area contributed by atoms with Crippen molar-refractivity contribution in [2.24, 2.45) is 0 Å². The minimum absolute atomic E-state index is 0.144. The molecule has 66 valence electrons. The van der Waals surface area contributed by atoms with Crippen LogP contribution in [-0.2, 0) is 4.79 Å². The van der Waals surface area contributed by atoms with Gasteiger partial charge in [-0.2, -0.15) is 0 Å². The normalized spacial score (nSPS) is 19.7. The summed E-state index contributed by atoms with van der Waals surface area (Å²) in [5.74, 6) is 0. The summed E-state index contributed by atoms with van der Waals surface area (Å²) in [6.07, 6.45) is 2.63. The highest BCUT2D eigenvalue weighted by Gasteiger charge is 2.27. The van der Waals surface area contributed by atoms with Crippen molar-refractivity contribution in [2.75, 3.05) is 4.90 Å². The van der Waals surface area contributed by atoms with Crippen LogP contribution in [-0.4, -0.2) is 11.7 Å². The molecule has 1 aromatic carbocycles. The molecule has 0 bridgehead atoms. The lowest BCUT2D eigenvalue weighted by Gasteiger charge is -2.16. The molecule has 0 aliphatic carbocycles. The van der Waals surface area contributed by atoms with E-state index in [-0.39, 0.29) is 5.37 Å². The largest absolute Gasteiger partial charge is 0.328 e. The number of para-hydroxylation sites is 1. The number of hydrogen-bond acceptors (Lipinski definition) is 3. The minimum atomic E-state index is -0.144. The number of carbonyl (C=O) groups excluding carboxylic acids is 1. The molecule has 0 N–H and O–H groups in total. The van der Waals surface area contributed by atoms with Gasteiger partial charge in [0.2, 0.25) is 0 Å². The number of fused-ring (bicyclic) bond motifs is 1. The smallest absolute Gasteiger partial charge is 0.153 e. The molecule has 0 saturated heterocycles. The van der Waals surface area contributed by atoms with E-state index in [1.54, 1.807) is 18.0 Å². The Labute approximate surface area is 81.2 Å². The van der Waals surface area contributed by atoms with Gasteiger partial charge in [0, 0.05) is 4.90 Å². The van der Waals surface area contributed by atoms with E-state index >= 15 is 0 Å². The summed E-state index contributed by atoms with van der Waals surface area (Å²) in [4.78, 5) is 13.8. The third-order valence-electron chi connectivity index (χ3n) is 1.98. The fourth-order valence-electron chi connectivity index (χ4n) is 1.39. The minimum Gasteiger partial charge on any atom is -0.328 e. The summed E-state index contributed by atoms with van der Waals surface area (Å²) in [5, 5.41) is -0.144. The van der Waals surface area contributed by atoms with Crippen LogP contribution in [0.1, 0.15) is 0 Å². The number of rotatable bonds is 2. The Bertz CT molecular complexity index is 351. The number of benzene rings is 1. The van der Waals surface area contributed by atoms with Gasteiger partial charge >= 0.3 is 0 Å². The Balaban J connectivity index is 2.45. The van der Waals surface area contributed by atoms with E-state index in [2.05, 4.69) is 6.58 Å². The molecule has 1 heterocycles. The van der Waals surface area contributed by atoms with Crippen LogP contribution in [0.5, 0.6) is 0 Å². The quantitative estimate of drug-likeness (QED) is 0.669. The van der Waals surface area contributed by atoms with Gasteiger partial charge in [-0.25, -0.2) is 0 Å². The van der Waals surface area contributed by atoms with Gasteiger partial charge in [0.05, 0.1) is 5.69 Å². The van der Waals surface area contributed by atoms with Crippen molar-refractivity contribution in [3.05, 3.63) is 37.0 Å². The van der Waals surface area contributed by atoms with Crippen LogP contribution < -0.4 is 4.90 Å². The highest BCUT2D eigenvalue weighted by atomic mass is 32.2. The molecule has 0 amide bonds. The number of anilines is 1. The molecule has 0 aromatic heterocycles. The van der Waals surface area contributed by atoms with E-state index in [0.29, 0.717) is 0 Å². The van der Waals surface area contributed by atoms with Gasteiger partial charge in [-0.15, -0.1) is 0 Å². The number of hydrogen-bond donors (Lipinski definition) is 0. The first kappa shape index (κ1) is 8.38. The molecule has 1 unspecified atom stereocenters. The van der Waals surface area contributed by atoms with Gasteiger partial charge < -0.3 is 9.69 Å². The van der Waals surface area contributed by atoms with E-state index in [1.807, 2.05) is 29.2 Å². The second-order valence-corrected chi connectivity index (χ2v) is 3.86. The van der Waals surface area contributed by atoms with Crippen molar-refractivity contribution in [1.29, 1.82) is 0 Å². The molecule has 3 heteroatoms. The third kappa shape index (κ3) is 1.25. The van der Waals surface area contributed by atoms with E-state index in [1.165, 1.54) is 0 Å². The Hall–Kier alpha value is -1.22. The number of aldehydes is 1. The zero-order chi connectivity index (χ0) is 9.26. The fraction of sp³-hybridized carbons (Fsp3) is 0.100. The summed E-state index contributed by atoms with van der Waals surface area (Å²) in [6.45, 7) is 3.69. The zero-order valence-corrected chi connectivity index (χ0v) is 7.83. The van der Waals surface area contributed by atoms with Gasteiger partial charge in [0.15, 0.2) is 6.29 Å². The summed E-state index contributed by atoms with van der Waals surface area (Å²) >= 11 is 1.56. The molecular weight excluding hydrogens is 182 g/mol. The summed E-state index contributed by atoms with van der Waals surface area (Å²) < 4.78 is 0. The summed E-state index contributed by atoms with van der Waals surface area (Å²) in [7, 11) is 0. The van der Waals surface area contributed by atoms with E-state index in [4.69, 9.17) is 0 Å². The average Bonchev–Trinajstić information content (AvgIpc) is 2.55. The lowest BCUT2D eigenvalue weighted by Crippen LogP contribution is -2.23. The van der Waals surface area contributed by atoms with Crippen molar-refractivity contribution >= 4 is 23.7 Å². The van der Waals surface area contributed by atoms with Crippen LogP contribution in [0.4, 0.5) is 5.69 Å². The van der Waals surface area contributed by atoms with Crippen molar-refractivity contribution in [1.82, 2.24) is 0 Å². The number of carbonyl (C=O) groups is 1. The first-order chi connectivity index (χ1) is 6.36. The molecule has 13 heavy (non-hydrogen) atoms. The summed E-state index contributed by atoms with van der Waals surface area (Å²) in [5.41, 5.74) is 1.07. The topological polar surface area (TPSA) is 20.3 Å². The van der Waals surface area contributed by atoms with Gasteiger partial charge in [0.1, 0.15) is 5.37 Å². The first-order valence-electron chi connectivity index (χ1n) is 3.98. The van der Waals surface area contributed by atoms with Crippen LogP contribution >= 0.6 is 11.8 Å². The van der Waals surface area contributed by atoms with Crippen LogP contribution in [0.15, 0.2) is 41.9 Å². The first-order valence-corrected chi connectivity index (χ1v) is 4.86. The van der Waals surface area contributed by atoms with Crippen LogP contribution in [0.2, 0.25) is 0 Å². The molecule has 1 atom stereocenters. The molecule has 1 aromatic rings. The molecule has 0 spiro atoms. The predicted molar refractivity (Wildman–Crippen MR) is 54.8 cm³/mol. The fourth-order valence-corrected chi connectivity index (χ4v) is 2.47. The molecule has 0 radical (unpaired) electrons. The maximum Gasteiger partial charge on any atom is 0.153 e. The molecule has 0 saturated carbocycles. The number of nitrogens with zero attached hydrogens (tertiary/aromatic N) is 1. The maximum absolute atomic E-state index is 10.7. The van der Waals surface area contributed by atoms with E-state index in [0.717, 1.165) is 16.9 Å². The van der Waals surface area contributed by atoms with Gasteiger partial charge in [-0.1, -0.05) is 30.5 Å². The average molecular weight is 191 g/mol. The molecule has 1 aliphatic heterocycles. The van der Waals surface area contributed by atoms with Crippen molar-refractivity contribution in [3.63, 3.8) is 0 Å². The maximum atomic E-state index is 10.7. The van der Waals surface area contributed by atoms with E-state index in [9.17, 15) is 4.79 Å². The predicted octanol–water partition coefficient (Wildman–Crippen LogP) is 2.27. The van der Waals surface area contributed by atoms with E-state index < -0.39 is 0 Å². The highest BCUT2D eigenvalue weighted by molar-refractivity contribution is 8.01. The van der Waals surface area contributed by atoms with Gasteiger partial charge in [-0.05, 0) is 18.3 Å². The Morgan fingerprint density at radius 2 is 2.23 bits per heavy atom. The molecule has 0 fully saturated rings. The summed E-state index contributed by atoms with van der Waals surface area (Å²) in [6, 6.07) is 7.94. The lowest BCUT2D eigenvalue weighted by atomic mass is 10.3. The second kappa shape index (κ2) is 3.26. The van der Waals surface area contributed by atoms with Crippen molar-refractivity contribution in [3.8, 4) is 0 Å². The van der Waals surface area contributed by atoms with Crippen LogP contribution in [0, 0.1) is 0 Å². The Morgan fingerprint density at radius 3 is 2.92 bits per heavy atom. The third-order valence-corrected chi connectivity index (χ3v) is 3.16. The monoisotopic (exact) mass is 191 g/mol. The highest BCUT2D eigenvalue weighted by Crippen LogP contribution is 2.42. The second-order valence-electron chi connectivity index (χ2n) is 2.70. The van der Waals surface area contributed by atoms with Crippen molar-refractivity contribution < 1.29 is 4.79 Å². The van der Waals surface area contributed by atoms with Gasteiger partial charge in [0.25, 0.3) is 0 Å².